The number of hydrogen-bond acceptors (Lipinski definition) is 3. The van der Waals surface area contributed by atoms with Gasteiger partial charge in [-0.15, -0.1) is 0 Å². The summed E-state index contributed by atoms with van der Waals surface area (Å²) in [5.74, 6) is -1.13. The first-order valence-corrected chi connectivity index (χ1v) is 6.55. The quantitative estimate of drug-likeness (QED) is 0.914. The highest BCUT2D eigenvalue weighted by molar-refractivity contribution is 5.22. The summed E-state index contributed by atoms with van der Waals surface area (Å²) in [5.41, 5.74) is 6.38. The van der Waals surface area contributed by atoms with Crippen LogP contribution in [0.15, 0.2) is 18.2 Å². The molecule has 1 saturated heterocycles. The molecule has 1 aliphatic heterocycles. The lowest BCUT2D eigenvalue weighted by molar-refractivity contribution is -0.0799. The number of ether oxygens (including phenoxy) is 1. The van der Waals surface area contributed by atoms with Gasteiger partial charge in [-0.25, -0.2) is 8.78 Å². The third-order valence-electron chi connectivity index (χ3n) is 3.38. The molecule has 5 heteroatoms. The van der Waals surface area contributed by atoms with E-state index in [1.807, 2.05) is 13.8 Å². The lowest BCUT2D eigenvalue weighted by Gasteiger charge is -2.40. The zero-order valence-electron chi connectivity index (χ0n) is 11.3. The lowest BCUT2D eigenvalue weighted by Crippen LogP contribution is -2.48. The number of benzene rings is 1. The standard InChI is InChI=1S/C14H20F2N2O/c1-9-7-18(8-10(2)19-9)14(6-17)11-3-12(15)5-13(16)4-11/h3-5,9-10,14H,6-8,17H2,1-2H3. The van der Waals surface area contributed by atoms with Crippen LogP contribution in [0.2, 0.25) is 0 Å². The van der Waals surface area contributed by atoms with E-state index in [1.165, 1.54) is 12.1 Å². The Balaban J connectivity index is 2.23. The Morgan fingerprint density at radius 1 is 1.21 bits per heavy atom. The molecule has 1 heterocycles. The van der Waals surface area contributed by atoms with E-state index in [2.05, 4.69) is 4.90 Å². The fourth-order valence-corrected chi connectivity index (χ4v) is 2.74. The van der Waals surface area contributed by atoms with Gasteiger partial charge in [0.1, 0.15) is 11.6 Å². The molecule has 0 bridgehead atoms. The van der Waals surface area contributed by atoms with Gasteiger partial charge in [0.25, 0.3) is 0 Å². The molecule has 106 valence electrons. The largest absolute Gasteiger partial charge is 0.373 e. The van der Waals surface area contributed by atoms with Crippen LogP contribution in [0.4, 0.5) is 8.78 Å². The van der Waals surface area contributed by atoms with E-state index in [0.29, 0.717) is 25.2 Å². The van der Waals surface area contributed by atoms with E-state index in [0.717, 1.165) is 6.07 Å². The smallest absolute Gasteiger partial charge is 0.126 e. The molecule has 3 nitrogen and oxygen atoms in total. The van der Waals surface area contributed by atoms with Gasteiger partial charge in [-0.1, -0.05) is 0 Å². The van der Waals surface area contributed by atoms with Gasteiger partial charge >= 0.3 is 0 Å². The monoisotopic (exact) mass is 270 g/mol. The molecule has 0 aliphatic carbocycles. The molecular formula is C14H20F2N2O. The van der Waals surface area contributed by atoms with Gasteiger partial charge in [-0.05, 0) is 31.5 Å². The van der Waals surface area contributed by atoms with Crippen LogP contribution in [0.5, 0.6) is 0 Å². The number of morpholine rings is 1. The maximum atomic E-state index is 13.3. The molecule has 19 heavy (non-hydrogen) atoms. The summed E-state index contributed by atoms with van der Waals surface area (Å²) in [7, 11) is 0. The Hall–Kier alpha value is -1.04. The SMILES string of the molecule is CC1CN(C(CN)c2cc(F)cc(F)c2)CC(C)O1. The van der Waals surface area contributed by atoms with Crippen molar-refractivity contribution in [1.29, 1.82) is 0 Å². The van der Waals surface area contributed by atoms with E-state index in [4.69, 9.17) is 10.5 Å². The second-order valence-corrected chi connectivity index (χ2v) is 5.17. The Morgan fingerprint density at radius 2 is 1.74 bits per heavy atom. The van der Waals surface area contributed by atoms with Crippen molar-refractivity contribution >= 4 is 0 Å². The Bertz CT molecular complexity index is 411. The summed E-state index contributed by atoms with van der Waals surface area (Å²) in [6.45, 7) is 5.72. The third-order valence-corrected chi connectivity index (χ3v) is 3.38. The number of rotatable bonds is 3. The summed E-state index contributed by atoms with van der Waals surface area (Å²) in [5, 5.41) is 0. The first-order valence-electron chi connectivity index (χ1n) is 6.55. The highest BCUT2D eigenvalue weighted by Crippen LogP contribution is 2.25. The third kappa shape index (κ3) is 3.49. The molecule has 2 N–H and O–H groups in total. The molecule has 1 aromatic carbocycles. The molecule has 3 unspecified atom stereocenters. The minimum absolute atomic E-state index is 0.0937. The van der Waals surface area contributed by atoms with E-state index in [9.17, 15) is 8.78 Å². The van der Waals surface area contributed by atoms with Gasteiger partial charge in [0.2, 0.25) is 0 Å². The summed E-state index contributed by atoms with van der Waals surface area (Å²) >= 11 is 0. The van der Waals surface area contributed by atoms with Gasteiger partial charge < -0.3 is 10.5 Å². The molecule has 1 aliphatic rings. The number of halogens is 2. The van der Waals surface area contributed by atoms with Crippen LogP contribution in [-0.4, -0.2) is 36.7 Å². The van der Waals surface area contributed by atoms with Crippen molar-refractivity contribution in [2.75, 3.05) is 19.6 Å². The van der Waals surface area contributed by atoms with Crippen LogP contribution in [0.3, 0.4) is 0 Å². The average Bonchev–Trinajstić information content (AvgIpc) is 2.27. The molecular weight excluding hydrogens is 250 g/mol. The zero-order valence-corrected chi connectivity index (χ0v) is 11.3. The molecule has 1 fully saturated rings. The topological polar surface area (TPSA) is 38.5 Å². The van der Waals surface area contributed by atoms with E-state index in [-0.39, 0.29) is 18.2 Å². The van der Waals surface area contributed by atoms with Crippen molar-refractivity contribution < 1.29 is 13.5 Å². The summed E-state index contributed by atoms with van der Waals surface area (Å²) in [6.07, 6.45) is 0.187. The highest BCUT2D eigenvalue weighted by atomic mass is 19.1. The second kappa shape index (κ2) is 5.94. The normalized spacial score (nSPS) is 26.4. The van der Waals surface area contributed by atoms with Crippen molar-refractivity contribution in [3.63, 3.8) is 0 Å². The summed E-state index contributed by atoms with van der Waals surface area (Å²) in [4.78, 5) is 2.13. The lowest BCUT2D eigenvalue weighted by atomic mass is 10.0. The van der Waals surface area contributed by atoms with E-state index >= 15 is 0 Å². The molecule has 3 atom stereocenters. The molecule has 0 spiro atoms. The van der Waals surface area contributed by atoms with Crippen molar-refractivity contribution in [3.8, 4) is 0 Å². The maximum Gasteiger partial charge on any atom is 0.126 e. The Kier molecular flexibility index (Phi) is 4.50. The van der Waals surface area contributed by atoms with Gasteiger partial charge in [0.05, 0.1) is 12.2 Å². The molecule has 1 aromatic rings. The average molecular weight is 270 g/mol. The van der Waals surface area contributed by atoms with Crippen LogP contribution in [0.25, 0.3) is 0 Å². The van der Waals surface area contributed by atoms with Crippen LogP contribution in [-0.2, 0) is 4.74 Å². The minimum Gasteiger partial charge on any atom is -0.373 e. The predicted octanol–water partition coefficient (Wildman–Crippen LogP) is 2.07. The Morgan fingerprint density at radius 3 is 2.21 bits per heavy atom. The summed E-state index contributed by atoms with van der Waals surface area (Å²) < 4.78 is 32.3. The fraction of sp³-hybridized carbons (Fsp3) is 0.571. The van der Waals surface area contributed by atoms with Crippen molar-refractivity contribution in [3.05, 3.63) is 35.4 Å². The van der Waals surface area contributed by atoms with Crippen molar-refractivity contribution in [2.24, 2.45) is 5.73 Å². The molecule has 0 saturated carbocycles. The molecule has 0 aromatic heterocycles. The van der Waals surface area contributed by atoms with Crippen LogP contribution in [0.1, 0.15) is 25.5 Å². The van der Waals surface area contributed by atoms with Crippen LogP contribution in [0, 0.1) is 11.6 Å². The first-order chi connectivity index (χ1) is 8.99. The zero-order chi connectivity index (χ0) is 14.0. The number of hydrogen-bond donors (Lipinski definition) is 1. The van der Waals surface area contributed by atoms with Gasteiger partial charge in [0, 0.05) is 31.7 Å². The predicted molar refractivity (Wildman–Crippen MR) is 69.7 cm³/mol. The maximum absolute atomic E-state index is 13.3. The fourth-order valence-electron chi connectivity index (χ4n) is 2.74. The van der Waals surface area contributed by atoms with Gasteiger partial charge in [-0.3, -0.25) is 4.90 Å². The summed E-state index contributed by atoms with van der Waals surface area (Å²) in [6, 6.07) is 3.40. The Labute approximate surface area is 112 Å². The van der Waals surface area contributed by atoms with E-state index in [1.54, 1.807) is 0 Å². The van der Waals surface area contributed by atoms with Crippen molar-refractivity contribution in [1.82, 2.24) is 4.90 Å². The van der Waals surface area contributed by atoms with Gasteiger partial charge in [-0.2, -0.15) is 0 Å². The van der Waals surface area contributed by atoms with Gasteiger partial charge in [0.15, 0.2) is 0 Å². The highest BCUT2D eigenvalue weighted by Gasteiger charge is 2.28. The molecule has 0 amide bonds. The molecule has 2 rings (SSSR count). The number of nitrogens with two attached hydrogens (primary N) is 1. The molecule has 0 radical (unpaired) electrons. The van der Waals surface area contributed by atoms with E-state index < -0.39 is 11.6 Å². The van der Waals surface area contributed by atoms with Crippen LogP contribution < -0.4 is 5.73 Å². The van der Waals surface area contributed by atoms with Crippen molar-refractivity contribution in [2.45, 2.75) is 32.1 Å². The van der Waals surface area contributed by atoms with Crippen LogP contribution >= 0.6 is 0 Å². The second-order valence-electron chi connectivity index (χ2n) is 5.17. The number of nitrogens with zero attached hydrogens (tertiary/aromatic N) is 1. The first kappa shape index (κ1) is 14.4. The minimum atomic E-state index is -0.567.